The Bertz CT molecular complexity index is 723. The number of carbonyl (C=O) groups excluding carboxylic acids is 3. The number of amides is 4. The Hall–Kier alpha value is -2.37. The summed E-state index contributed by atoms with van der Waals surface area (Å²) in [5, 5.41) is 0. The first kappa shape index (κ1) is 18.0. The van der Waals surface area contributed by atoms with E-state index in [-0.39, 0.29) is 42.4 Å². The summed E-state index contributed by atoms with van der Waals surface area (Å²) < 4.78 is 0. The van der Waals surface area contributed by atoms with E-state index in [1.807, 2.05) is 23.1 Å². The molecule has 0 bridgehead atoms. The van der Waals surface area contributed by atoms with Crippen molar-refractivity contribution in [3.63, 3.8) is 0 Å². The quantitative estimate of drug-likeness (QED) is 0.750. The van der Waals surface area contributed by atoms with Gasteiger partial charge in [-0.1, -0.05) is 37.3 Å². The Kier molecular flexibility index (Phi) is 4.89. The van der Waals surface area contributed by atoms with Crippen LogP contribution in [-0.2, 0) is 9.59 Å². The lowest BCUT2D eigenvalue weighted by Crippen LogP contribution is -2.48. The standard InChI is InChI=1S/C21H27N3O3/c1-15(16-5-3-2-4-6-16)13-19(25)22-11-9-17(10-12-22)23-14-20(26)24(21(23)27)18-7-8-18/h2-6,15,17-18H,7-14H2,1H3. The van der Waals surface area contributed by atoms with Crippen molar-refractivity contribution in [3.05, 3.63) is 35.9 Å². The van der Waals surface area contributed by atoms with Gasteiger partial charge in [0, 0.05) is 31.6 Å². The molecule has 6 heteroatoms. The van der Waals surface area contributed by atoms with E-state index >= 15 is 0 Å². The van der Waals surface area contributed by atoms with Gasteiger partial charge in [-0.25, -0.2) is 4.79 Å². The van der Waals surface area contributed by atoms with E-state index in [0.29, 0.717) is 19.5 Å². The molecule has 2 saturated heterocycles. The SMILES string of the molecule is CC(CC(=O)N1CCC(N2CC(=O)N(C3CC3)C2=O)CC1)c1ccccc1. The minimum Gasteiger partial charge on any atom is -0.343 e. The number of urea groups is 1. The summed E-state index contributed by atoms with van der Waals surface area (Å²) in [6, 6.07) is 10.2. The fraction of sp³-hybridized carbons (Fsp3) is 0.571. The molecule has 1 atom stereocenters. The number of benzene rings is 1. The summed E-state index contributed by atoms with van der Waals surface area (Å²) in [7, 11) is 0. The second-order valence-corrected chi connectivity index (χ2v) is 8.03. The number of rotatable bonds is 5. The summed E-state index contributed by atoms with van der Waals surface area (Å²) in [5.74, 6) is 0.312. The van der Waals surface area contributed by atoms with Crippen LogP contribution in [0.5, 0.6) is 0 Å². The third-order valence-corrected chi connectivity index (χ3v) is 6.05. The van der Waals surface area contributed by atoms with Crippen molar-refractivity contribution in [2.75, 3.05) is 19.6 Å². The molecule has 4 amide bonds. The summed E-state index contributed by atoms with van der Waals surface area (Å²) in [4.78, 5) is 42.5. The summed E-state index contributed by atoms with van der Waals surface area (Å²) >= 11 is 0. The molecule has 1 aromatic rings. The summed E-state index contributed by atoms with van der Waals surface area (Å²) in [5.41, 5.74) is 1.18. The predicted molar refractivity (Wildman–Crippen MR) is 101 cm³/mol. The van der Waals surface area contributed by atoms with Gasteiger partial charge in [0.25, 0.3) is 5.91 Å². The smallest absolute Gasteiger partial charge is 0.327 e. The first-order valence-electron chi connectivity index (χ1n) is 10.00. The molecule has 1 aliphatic carbocycles. The van der Waals surface area contributed by atoms with Crippen LogP contribution in [-0.4, -0.2) is 64.3 Å². The Labute approximate surface area is 160 Å². The van der Waals surface area contributed by atoms with Crippen LogP contribution in [0.4, 0.5) is 4.79 Å². The van der Waals surface area contributed by atoms with E-state index in [1.54, 1.807) is 4.90 Å². The molecule has 3 aliphatic rings. The summed E-state index contributed by atoms with van der Waals surface area (Å²) in [6.07, 6.45) is 3.90. The van der Waals surface area contributed by atoms with Crippen molar-refractivity contribution >= 4 is 17.8 Å². The van der Waals surface area contributed by atoms with Gasteiger partial charge in [0.2, 0.25) is 5.91 Å². The van der Waals surface area contributed by atoms with Crippen molar-refractivity contribution in [1.29, 1.82) is 0 Å². The van der Waals surface area contributed by atoms with E-state index in [4.69, 9.17) is 0 Å². The molecular formula is C21H27N3O3. The lowest BCUT2D eigenvalue weighted by molar-refractivity contribution is -0.133. The Morgan fingerprint density at radius 1 is 1.04 bits per heavy atom. The Morgan fingerprint density at radius 2 is 1.70 bits per heavy atom. The largest absolute Gasteiger partial charge is 0.343 e. The molecule has 6 nitrogen and oxygen atoms in total. The maximum Gasteiger partial charge on any atom is 0.327 e. The number of hydrogen-bond acceptors (Lipinski definition) is 3. The molecule has 0 spiro atoms. The molecule has 2 heterocycles. The molecule has 27 heavy (non-hydrogen) atoms. The first-order valence-corrected chi connectivity index (χ1v) is 10.00. The van der Waals surface area contributed by atoms with E-state index in [0.717, 1.165) is 25.7 Å². The van der Waals surface area contributed by atoms with Crippen molar-refractivity contribution in [2.45, 2.75) is 57.0 Å². The zero-order valence-corrected chi connectivity index (χ0v) is 15.8. The van der Waals surface area contributed by atoms with Crippen molar-refractivity contribution < 1.29 is 14.4 Å². The molecule has 144 valence electrons. The third-order valence-electron chi connectivity index (χ3n) is 6.05. The van der Waals surface area contributed by atoms with Crippen molar-refractivity contribution in [3.8, 4) is 0 Å². The van der Waals surface area contributed by atoms with Crippen LogP contribution in [0, 0.1) is 0 Å². The molecule has 1 saturated carbocycles. The van der Waals surface area contributed by atoms with Gasteiger partial charge in [0.15, 0.2) is 0 Å². The average molecular weight is 369 g/mol. The summed E-state index contributed by atoms with van der Waals surface area (Å²) in [6.45, 7) is 3.61. The van der Waals surface area contributed by atoms with Gasteiger partial charge in [-0.3, -0.25) is 14.5 Å². The Morgan fingerprint density at radius 3 is 2.33 bits per heavy atom. The topological polar surface area (TPSA) is 60.9 Å². The first-order chi connectivity index (χ1) is 13.0. The van der Waals surface area contributed by atoms with Gasteiger partial charge in [-0.15, -0.1) is 0 Å². The van der Waals surface area contributed by atoms with Crippen LogP contribution < -0.4 is 0 Å². The second-order valence-electron chi connectivity index (χ2n) is 8.03. The second kappa shape index (κ2) is 7.33. The van der Waals surface area contributed by atoms with Gasteiger partial charge in [0.05, 0.1) is 0 Å². The van der Waals surface area contributed by atoms with E-state index in [2.05, 4.69) is 19.1 Å². The number of nitrogens with zero attached hydrogens (tertiary/aromatic N) is 3. The molecule has 4 rings (SSSR count). The van der Waals surface area contributed by atoms with Crippen molar-refractivity contribution in [1.82, 2.24) is 14.7 Å². The van der Waals surface area contributed by atoms with Crippen LogP contribution >= 0.6 is 0 Å². The predicted octanol–water partition coefficient (Wildman–Crippen LogP) is 2.60. The Balaban J connectivity index is 1.29. The maximum atomic E-state index is 12.7. The van der Waals surface area contributed by atoms with Crippen LogP contribution in [0.25, 0.3) is 0 Å². The highest BCUT2D eigenvalue weighted by molar-refractivity contribution is 6.02. The number of imide groups is 1. The third kappa shape index (κ3) is 3.70. The molecule has 1 aromatic carbocycles. The molecule has 3 fully saturated rings. The van der Waals surface area contributed by atoms with Gasteiger partial charge >= 0.3 is 6.03 Å². The van der Waals surface area contributed by atoms with Crippen LogP contribution in [0.15, 0.2) is 30.3 Å². The lowest BCUT2D eigenvalue weighted by Gasteiger charge is -2.36. The van der Waals surface area contributed by atoms with Gasteiger partial charge in [-0.05, 0) is 37.2 Å². The lowest BCUT2D eigenvalue weighted by atomic mass is 9.96. The average Bonchev–Trinajstić information content (AvgIpc) is 3.47. The molecular weight excluding hydrogens is 342 g/mol. The minimum absolute atomic E-state index is 0.0577. The van der Waals surface area contributed by atoms with E-state index in [1.165, 1.54) is 10.5 Å². The molecule has 0 aromatic heterocycles. The number of carbonyl (C=O) groups is 3. The molecule has 0 radical (unpaired) electrons. The number of hydrogen-bond donors (Lipinski definition) is 0. The number of likely N-dealkylation sites (tertiary alicyclic amines) is 1. The van der Waals surface area contributed by atoms with Crippen LogP contribution in [0.3, 0.4) is 0 Å². The van der Waals surface area contributed by atoms with Crippen molar-refractivity contribution in [2.24, 2.45) is 0 Å². The molecule has 2 aliphatic heterocycles. The maximum absolute atomic E-state index is 12.7. The van der Waals surface area contributed by atoms with E-state index in [9.17, 15) is 14.4 Å². The van der Waals surface area contributed by atoms with Crippen LogP contribution in [0.1, 0.15) is 50.5 Å². The highest BCUT2D eigenvalue weighted by Crippen LogP contribution is 2.32. The van der Waals surface area contributed by atoms with E-state index < -0.39 is 0 Å². The molecule has 0 N–H and O–H groups in total. The number of piperidine rings is 1. The van der Waals surface area contributed by atoms with Crippen LogP contribution in [0.2, 0.25) is 0 Å². The normalized spacial score (nSPS) is 22.5. The molecule has 1 unspecified atom stereocenters. The minimum atomic E-state index is -0.120. The highest BCUT2D eigenvalue weighted by Gasteiger charge is 2.47. The monoisotopic (exact) mass is 369 g/mol. The zero-order chi connectivity index (χ0) is 19.0. The fourth-order valence-corrected chi connectivity index (χ4v) is 4.23. The van der Waals surface area contributed by atoms with Gasteiger partial charge in [0.1, 0.15) is 6.54 Å². The zero-order valence-electron chi connectivity index (χ0n) is 15.8. The fourth-order valence-electron chi connectivity index (χ4n) is 4.23. The van der Waals surface area contributed by atoms with Gasteiger partial charge in [-0.2, -0.15) is 0 Å². The highest BCUT2D eigenvalue weighted by atomic mass is 16.2. The van der Waals surface area contributed by atoms with Gasteiger partial charge < -0.3 is 9.80 Å².